The second-order valence-corrected chi connectivity index (χ2v) is 11.4. The van der Waals surface area contributed by atoms with Crippen molar-refractivity contribution in [2.45, 2.75) is 32.1 Å². The van der Waals surface area contributed by atoms with E-state index >= 15 is 0 Å². The molecule has 0 unspecified atom stereocenters. The molecule has 0 aliphatic rings. The zero-order valence-electron chi connectivity index (χ0n) is 25.6. The van der Waals surface area contributed by atoms with Gasteiger partial charge < -0.3 is 0 Å². The summed E-state index contributed by atoms with van der Waals surface area (Å²) in [5, 5.41) is 0. The first kappa shape index (κ1) is 29.7. The van der Waals surface area contributed by atoms with Gasteiger partial charge in [0.25, 0.3) is 0 Å². The molecule has 0 saturated heterocycles. The van der Waals surface area contributed by atoms with Gasteiger partial charge in [-0.25, -0.2) is 0 Å². The summed E-state index contributed by atoms with van der Waals surface area (Å²) in [5.41, 5.74) is 11.8. The lowest BCUT2D eigenvalue weighted by atomic mass is 10.0. The summed E-state index contributed by atoms with van der Waals surface area (Å²) in [7, 11) is 0. The van der Waals surface area contributed by atoms with E-state index in [0.29, 0.717) is 0 Å². The van der Waals surface area contributed by atoms with E-state index in [1.165, 1.54) is 52.6 Å². The molecule has 0 aromatic heterocycles. The summed E-state index contributed by atoms with van der Waals surface area (Å²) in [6.45, 7) is 0. The molecule has 2 heteroatoms. The lowest BCUT2D eigenvalue weighted by Crippen LogP contribution is -1.89. The number of hydrogen-bond acceptors (Lipinski definition) is 2. The van der Waals surface area contributed by atoms with Gasteiger partial charge in [0.2, 0.25) is 0 Å². The van der Waals surface area contributed by atoms with Crippen LogP contribution in [-0.2, 0) is 12.8 Å². The fourth-order valence-corrected chi connectivity index (χ4v) is 5.42. The van der Waals surface area contributed by atoms with Crippen molar-refractivity contribution in [1.29, 1.82) is 0 Å². The van der Waals surface area contributed by atoms with Crippen LogP contribution in [0, 0.1) is 0 Å². The molecule has 0 amide bonds. The van der Waals surface area contributed by atoms with Crippen molar-refractivity contribution >= 4 is 23.8 Å². The third kappa shape index (κ3) is 8.84. The summed E-state index contributed by atoms with van der Waals surface area (Å²) < 4.78 is 0. The van der Waals surface area contributed by atoms with Crippen LogP contribution >= 0.6 is 0 Å². The second kappa shape index (κ2) is 15.4. The predicted molar refractivity (Wildman–Crippen MR) is 192 cm³/mol. The Kier molecular flexibility index (Phi) is 10.2. The topological polar surface area (TPSA) is 24.7 Å². The largest absolute Gasteiger partial charge is 0.256 e. The fraction of sp³-hybridized carbons (Fsp3) is 0.116. The molecule has 220 valence electrons. The Bertz CT molecular complexity index is 1660. The van der Waals surface area contributed by atoms with Gasteiger partial charge in [-0.15, -0.1) is 0 Å². The van der Waals surface area contributed by atoms with Crippen LogP contribution in [0.3, 0.4) is 0 Å². The first-order valence-electron chi connectivity index (χ1n) is 15.9. The van der Waals surface area contributed by atoms with Crippen molar-refractivity contribution in [3.63, 3.8) is 0 Å². The zero-order chi connectivity index (χ0) is 30.5. The monoisotopic (exact) mass is 582 g/mol. The molecule has 0 radical (unpaired) electrons. The van der Waals surface area contributed by atoms with E-state index in [-0.39, 0.29) is 0 Å². The van der Waals surface area contributed by atoms with Gasteiger partial charge in [0, 0.05) is 12.4 Å². The molecule has 6 aromatic rings. The van der Waals surface area contributed by atoms with E-state index in [1.54, 1.807) is 0 Å². The molecule has 0 N–H and O–H groups in total. The van der Waals surface area contributed by atoms with Gasteiger partial charge in [-0.2, -0.15) is 0 Å². The highest BCUT2D eigenvalue weighted by Crippen LogP contribution is 2.22. The van der Waals surface area contributed by atoms with E-state index in [2.05, 4.69) is 156 Å². The molecule has 45 heavy (non-hydrogen) atoms. The van der Waals surface area contributed by atoms with Crippen molar-refractivity contribution < 1.29 is 0 Å². The van der Waals surface area contributed by atoms with Crippen molar-refractivity contribution in [3.05, 3.63) is 180 Å². The number of unbranched alkanes of at least 4 members (excludes halogenated alkanes) is 2. The van der Waals surface area contributed by atoms with E-state index in [9.17, 15) is 0 Å². The maximum Gasteiger partial charge on any atom is 0.0630 e. The molecule has 2 nitrogen and oxygen atoms in total. The molecule has 0 atom stereocenters. The molecule has 0 saturated carbocycles. The van der Waals surface area contributed by atoms with Gasteiger partial charge in [-0.05, 0) is 94.5 Å². The van der Waals surface area contributed by atoms with Crippen LogP contribution < -0.4 is 0 Å². The van der Waals surface area contributed by atoms with Gasteiger partial charge >= 0.3 is 0 Å². The van der Waals surface area contributed by atoms with Crippen LogP contribution in [0.2, 0.25) is 0 Å². The summed E-state index contributed by atoms with van der Waals surface area (Å²) in [5.74, 6) is 0. The van der Waals surface area contributed by atoms with Crippen LogP contribution in [0.4, 0.5) is 11.4 Å². The molecule has 6 rings (SSSR count). The van der Waals surface area contributed by atoms with E-state index in [0.717, 1.165) is 35.3 Å². The maximum atomic E-state index is 4.68. The molecule has 0 spiro atoms. The van der Waals surface area contributed by atoms with Gasteiger partial charge in [0.05, 0.1) is 11.4 Å². The average molecular weight is 583 g/mol. The Hall–Kier alpha value is -5.34. The maximum absolute atomic E-state index is 4.68. The van der Waals surface area contributed by atoms with E-state index in [1.807, 2.05) is 24.6 Å². The average Bonchev–Trinajstić information content (AvgIpc) is 3.12. The highest BCUT2D eigenvalue weighted by Gasteiger charge is 2.00. The Morgan fingerprint density at radius 2 is 0.689 bits per heavy atom. The smallest absolute Gasteiger partial charge is 0.0630 e. The van der Waals surface area contributed by atoms with Gasteiger partial charge in [-0.1, -0.05) is 140 Å². The van der Waals surface area contributed by atoms with Crippen molar-refractivity contribution in [3.8, 4) is 22.3 Å². The summed E-state index contributed by atoms with van der Waals surface area (Å²) >= 11 is 0. The first-order chi connectivity index (χ1) is 22.3. The van der Waals surface area contributed by atoms with E-state index in [4.69, 9.17) is 0 Å². The van der Waals surface area contributed by atoms with E-state index < -0.39 is 0 Å². The minimum absolute atomic E-state index is 0.986. The van der Waals surface area contributed by atoms with Crippen LogP contribution in [0.5, 0.6) is 0 Å². The standard InChI is InChI=1S/C43H38N2/c1(4-10-34-20-28-42(29-21-34)44-32-36-16-24-40(25-17-36)38-12-6-2-7-13-38)5-11-35-22-30-43(31-23-35)45-33-37-18-26-41(27-19-37)39-14-8-3-9-15-39/h2-3,6-9,12-33H,1,4-5,10-11H2. The number of rotatable bonds is 12. The number of nitrogens with zero attached hydrogens (tertiary/aromatic N) is 2. The summed E-state index contributed by atoms with van der Waals surface area (Å²) in [6.07, 6.45) is 9.69. The molecule has 0 bridgehead atoms. The van der Waals surface area contributed by atoms with Crippen molar-refractivity contribution in [2.24, 2.45) is 9.98 Å². The van der Waals surface area contributed by atoms with Crippen LogP contribution in [0.1, 0.15) is 41.5 Å². The van der Waals surface area contributed by atoms with Crippen LogP contribution in [-0.4, -0.2) is 12.4 Å². The molecular weight excluding hydrogens is 544 g/mol. The Balaban J connectivity index is 0.898. The quantitative estimate of drug-likeness (QED) is 0.101. The number of aryl methyl sites for hydroxylation is 2. The highest BCUT2D eigenvalue weighted by atomic mass is 14.7. The molecule has 0 heterocycles. The Labute approximate surface area is 267 Å². The highest BCUT2D eigenvalue weighted by molar-refractivity contribution is 5.84. The van der Waals surface area contributed by atoms with Crippen LogP contribution in [0.25, 0.3) is 22.3 Å². The van der Waals surface area contributed by atoms with Gasteiger partial charge in [-0.3, -0.25) is 9.98 Å². The molecular formula is C43H38N2. The van der Waals surface area contributed by atoms with Gasteiger partial charge in [0.15, 0.2) is 0 Å². The Morgan fingerprint density at radius 3 is 1.07 bits per heavy atom. The number of aliphatic imine (C=N–C) groups is 2. The SMILES string of the molecule is C(=Nc1ccc(CCCCCc2ccc(N=Cc3ccc(-c4ccccc4)cc3)cc2)cc1)c1ccc(-c2ccccc2)cc1. The lowest BCUT2D eigenvalue weighted by molar-refractivity contribution is 0.678. The first-order valence-corrected chi connectivity index (χ1v) is 15.9. The normalized spacial score (nSPS) is 11.4. The number of hydrogen-bond donors (Lipinski definition) is 0. The van der Waals surface area contributed by atoms with Crippen molar-refractivity contribution in [1.82, 2.24) is 0 Å². The van der Waals surface area contributed by atoms with Gasteiger partial charge in [0.1, 0.15) is 0 Å². The molecule has 6 aromatic carbocycles. The Morgan fingerprint density at radius 1 is 0.333 bits per heavy atom. The van der Waals surface area contributed by atoms with Crippen molar-refractivity contribution in [2.75, 3.05) is 0 Å². The molecule has 0 fully saturated rings. The summed E-state index contributed by atoms with van der Waals surface area (Å²) in [4.78, 5) is 9.35. The summed E-state index contributed by atoms with van der Waals surface area (Å²) in [6, 6.07) is 55.3. The third-order valence-corrected chi connectivity index (χ3v) is 8.06. The predicted octanol–water partition coefficient (Wildman–Crippen LogP) is 11.5. The second-order valence-electron chi connectivity index (χ2n) is 11.4. The zero-order valence-corrected chi connectivity index (χ0v) is 25.6. The number of benzene rings is 6. The van der Waals surface area contributed by atoms with Crippen LogP contribution in [0.15, 0.2) is 168 Å². The lowest BCUT2D eigenvalue weighted by Gasteiger charge is -2.04. The minimum Gasteiger partial charge on any atom is -0.256 e. The fourth-order valence-electron chi connectivity index (χ4n) is 5.42. The minimum atomic E-state index is 0.986. The third-order valence-electron chi connectivity index (χ3n) is 8.06. The molecule has 0 aliphatic heterocycles. The molecule has 0 aliphatic carbocycles.